The van der Waals surface area contributed by atoms with Gasteiger partial charge < -0.3 is 20.5 Å². The van der Waals surface area contributed by atoms with Crippen LogP contribution in [0.15, 0.2) is 48.5 Å². The number of hydrogen-bond acceptors (Lipinski definition) is 6. The molecule has 2 aromatic carbocycles. The Hall–Kier alpha value is -3.30. The molecular formula is C20H21N3O6. The molecule has 3 N–H and O–H groups in total. The number of nitro groups is 1. The number of aliphatic hydroxyl groups is 1. The third-order valence-electron chi connectivity index (χ3n) is 4.56. The van der Waals surface area contributed by atoms with E-state index in [9.17, 15) is 24.8 Å². The molecule has 0 unspecified atom stereocenters. The lowest BCUT2D eigenvalue weighted by Gasteiger charge is -2.13. The molecule has 152 valence electrons. The number of nitrogens with zero attached hydrogens (tertiary/aromatic N) is 1. The summed E-state index contributed by atoms with van der Waals surface area (Å²) in [6.07, 6.45) is 0.0379. The lowest BCUT2D eigenvalue weighted by Crippen LogP contribution is -2.29. The zero-order chi connectivity index (χ0) is 20.8. The maximum atomic E-state index is 12.4. The Balaban J connectivity index is 1.56. The highest BCUT2D eigenvalue weighted by molar-refractivity contribution is 5.98. The molecule has 2 amide bonds. The van der Waals surface area contributed by atoms with Gasteiger partial charge >= 0.3 is 0 Å². The van der Waals surface area contributed by atoms with Gasteiger partial charge in [-0.25, -0.2) is 0 Å². The Labute approximate surface area is 166 Å². The monoisotopic (exact) mass is 399 g/mol. The van der Waals surface area contributed by atoms with Crippen LogP contribution in [0.1, 0.15) is 34.9 Å². The summed E-state index contributed by atoms with van der Waals surface area (Å²) < 4.78 is 5.34. The van der Waals surface area contributed by atoms with Crippen LogP contribution >= 0.6 is 0 Å². The van der Waals surface area contributed by atoms with Gasteiger partial charge in [0.25, 0.3) is 17.5 Å². The molecule has 2 aromatic rings. The second-order valence-electron chi connectivity index (χ2n) is 6.65. The van der Waals surface area contributed by atoms with E-state index < -0.39 is 23.0 Å². The highest BCUT2D eigenvalue weighted by Gasteiger charge is 2.23. The zero-order valence-electron chi connectivity index (χ0n) is 15.5. The third kappa shape index (κ3) is 5.37. The molecule has 1 saturated heterocycles. The third-order valence-corrected chi connectivity index (χ3v) is 4.56. The molecule has 1 heterocycles. The second-order valence-corrected chi connectivity index (χ2v) is 6.65. The number of nitro benzene ring substituents is 1. The fourth-order valence-electron chi connectivity index (χ4n) is 2.97. The summed E-state index contributed by atoms with van der Waals surface area (Å²) in [6, 6.07) is 11.9. The average Bonchev–Trinajstić information content (AvgIpc) is 3.27. The smallest absolute Gasteiger partial charge is 0.269 e. The first-order chi connectivity index (χ1) is 13.9. The van der Waals surface area contributed by atoms with E-state index in [2.05, 4.69) is 10.6 Å². The Morgan fingerprint density at radius 3 is 2.66 bits per heavy atom. The Morgan fingerprint density at radius 1 is 1.24 bits per heavy atom. The van der Waals surface area contributed by atoms with Crippen LogP contribution < -0.4 is 10.6 Å². The number of carbonyl (C=O) groups excluding carboxylic acids is 2. The maximum Gasteiger partial charge on any atom is 0.269 e. The number of rotatable bonds is 7. The number of amides is 2. The summed E-state index contributed by atoms with van der Waals surface area (Å²) >= 11 is 0. The molecular weight excluding hydrogens is 378 g/mol. The number of non-ortho nitro benzene ring substituents is 1. The highest BCUT2D eigenvalue weighted by Crippen LogP contribution is 2.18. The van der Waals surface area contributed by atoms with Crippen LogP contribution in [-0.2, 0) is 9.53 Å². The van der Waals surface area contributed by atoms with Crippen LogP contribution in [-0.4, -0.2) is 41.1 Å². The largest absolute Gasteiger partial charge is 0.387 e. The van der Waals surface area contributed by atoms with Gasteiger partial charge in [0.05, 0.1) is 11.0 Å². The number of aliphatic hydroxyl groups excluding tert-OH is 1. The second kappa shape index (κ2) is 9.26. The van der Waals surface area contributed by atoms with Gasteiger partial charge in [-0.3, -0.25) is 19.7 Å². The first-order valence-corrected chi connectivity index (χ1v) is 9.17. The molecule has 0 bridgehead atoms. The molecule has 0 aromatic heterocycles. The van der Waals surface area contributed by atoms with Crippen molar-refractivity contribution < 1.29 is 24.4 Å². The molecule has 0 saturated carbocycles. The van der Waals surface area contributed by atoms with E-state index in [1.54, 1.807) is 24.3 Å². The Kier molecular flexibility index (Phi) is 6.53. The molecule has 1 aliphatic rings. The van der Waals surface area contributed by atoms with Crippen molar-refractivity contribution >= 4 is 23.2 Å². The molecule has 9 heteroatoms. The summed E-state index contributed by atoms with van der Waals surface area (Å²) in [6.45, 7) is 0.501. The minimum absolute atomic E-state index is 0.0663. The number of ether oxygens (including phenoxy) is 1. The standard InChI is InChI=1S/C20H21N3O6/c24-17(13-6-8-16(9-7-13)23(27)28)12-21-19(25)14-3-1-4-15(11-14)22-20(26)18-5-2-10-29-18/h1,3-4,6-9,11,17-18,24H,2,5,10,12H2,(H,21,25)(H,22,26)/t17-,18-/m0/s1. The lowest BCUT2D eigenvalue weighted by atomic mass is 10.1. The van der Waals surface area contributed by atoms with Gasteiger partial charge in [0.2, 0.25) is 0 Å². The van der Waals surface area contributed by atoms with E-state index in [1.807, 2.05) is 0 Å². The van der Waals surface area contributed by atoms with E-state index in [1.165, 1.54) is 24.3 Å². The predicted molar refractivity (Wildman–Crippen MR) is 104 cm³/mol. The van der Waals surface area contributed by atoms with Crippen LogP contribution in [0.2, 0.25) is 0 Å². The summed E-state index contributed by atoms with van der Waals surface area (Å²) in [7, 11) is 0. The summed E-state index contributed by atoms with van der Waals surface area (Å²) in [5, 5.41) is 26.2. The minimum atomic E-state index is -1.01. The summed E-state index contributed by atoms with van der Waals surface area (Å²) in [5.74, 6) is -0.659. The Bertz CT molecular complexity index is 893. The van der Waals surface area contributed by atoms with Gasteiger partial charge in [0.1, 0.15) is 6.10 Å². The molecule has 0 aliphatic carbocycles. The molecule has 0 radical (unpaired) electrons. The van der Waals surface area contributed by atoms with Gasteiger partial charge in [-0.2, -0.15) is 0 Å². The first kappa shape index (κ1) is 20.4. The van der Waals surface area contributed by atoms with Crippen molar-refractivity contribution in [2.45, 2.75) is 25.0 Å². The molecule has 9 nitrogen and oxygen atoms in total. The van der Waals surface area contributed by atoms with Crippen LogP contribution in [0, 0.1) is 10.1 Å². The number of nitrogens with one attached hydrogen (secondary N) is 2. The maximum absolute atomic E-state index is 12.4. The van der Waals surface area contributed by atoms with Crippen LogP contribution in [0.25, 0.3) is 0 Å². The average molecular weight is 399 g/mol. The fraction of sp³-hybridized carbons (Fsp3) is 0.300. The molecule has 2 atom stereocenters. The highest BCUT2D eigenvalue weighted by atomic mass is 16.6. The zero-order valence-corrected chi connectivity index (χ0v) is 15.5. The molecule has 3 rings (SSSR count). The SMILES string of the molecule is O=C(NC[C@H](O)c1ccc([N+](=O)[O-])cc1)c1cccc(NC(=O)[C@@H]2CCCO2)c1. The molecule has 0 spiro atoms. The first-order valence-electron chi connectivity index (χ1n) is 9.17. The van der Waals surface area contributed by atoms with E-state index in [-0.39, 0.29) is 18.1 Å². The normalized spacial score (nSPS) is 16.8. The van der Waals surface area contributed by atoms with E-state index in [4.69, 9.17) is 4.74 Å². The summed E-state index contributed by atoms with van der Waals surface area (Å²) in [4.78, 5) is 34.6. The predicted octanol–water partition coefficient (Wildman–Crippen LogP) is 2.18. The molecule has 1 fully saturated rings. The quantitative estimate of drug-likeness (QED) is 0.483. The van der Waals surface area contributed by atoms with Gasteiger partial charge in [-0.15, -0.1) is 0 Å². The molecule has 29 heavy (non-hydrogen) atoms. The van der Waals surface area contributed by atoms with Gasteiger partial charge in [-0.1, -0.05) is 6.07 Å². The van der Waals surface area contributed by atoms with Crippen molar-refractivity contribution in [1.29, 1.82) is 0 Å². The van der Waals surface area contributed by atoms with Gasteiger partial charge in [0, 0.05) is 36.5 Å². The number of carbonyl (C=O) groups is 2. The van der Waals surface area contributed by atoms with Crippen molar-refractivity contribution in [2.24, 2.45) is 0 Å². The molecule has 1 aliphatic heterocycles. The van der Waals surface area contributed by atoms with Crippen molar-refractivity contribution in [3.05, 3.63) is 69.8 Å². The number of benzene rings is 2. The van der Waals surface area contributed by atoms with Gasteiger partial charge in [-0.05, 0) is 48.7 Å². The van der Waals surface area contributed by atoms with E-state index >= 15 is 0 Å². The van der Waals surface area contributed by atoms with E-state index in [0.717, 1.165) is 6.42 Å². The summed E-state index contributed by atoms with van der Waals surface area (Å²) in [5.41, 5.74) is 1.18. The lowest BCUT2D eigenvalue weighted by molar-refractivity contribution is -0.384. The number of anilines is 1. The van der Waals surface area contributed by atoms with Crippen molar-refractivity contribution in [3.8, 4) is 0 Å². The minimum Gasteiger partial charge on any atom is -0.387 e. The topological polar surface area (TPSA) is 131 Å². The van der Waals surface area contributed by atoms with Crippen molar-refractivity contribution in [1.82, 2.24) is 5.32 Å². The van der Waals surface area contributed by atoms with Crippen LogP contribution in [0.5, 0.6) is 0 Å². The fourth-order valence-corrected chi connectivity index (χ4v) is 2.97. The van der Waals surface area contributed by atoms with Crippen molar-refractivity contribution in [3.63, 3.8) is 0 Å². The number of hydrogen-bond donors (Lipinski definition) is 3. The van der Waals surface area contributed by atoms with E-state index in [0.29, 0.717) is 29.8 Å². The Morgan fingerprint density at radius 2 is 2.00 bits per heavy atom. The van der Waals surface area contributed by atoms with Crippen LogP contribution in [0.3, 0.4) is 0 Å². The van der Waals surface area contributed by atoms with Crippen LogP contribution in [0.4, 0.5) is 11.4 Å². The van der Waals surface area contributed by atoms with Gasteiger partial charge in [0.15, 0.2) is 0 Å². The van der Waals surface area contributed by atoms with Crippen molar-refractivity contribution in [2.75, 3.05) is 18.5 Å².